The van der Waals surface area contributed by atoms with E-state index in [1.807, 2.05) is 0 Å². The normalized spacial score (nSPS) is 17.1. The number of nitrogens with zero attached hydrogens (tertiary/aromatic N) is 1. The summed E-state index contributed by atoms with van der Waals surface area (Å²) < 4.78 is 21.8. The maximum atomic E-state index is 11.8. The monoisotopic (exact) mass is 306 g/mol. The Morgan fingerprint density at radius 2 is 1.90 bits per heavy atom. The number of carbonyl (C=O) groups excluding carboxylic acids is 1. The molecule has 116 valence electrons. The third-order valence-corrected chi connectivity index (χ3v) is 4.37. The number of piperidine rings is 1. The van der Waals surface area contributed by atoms with Crippen LogP contribution in [-0.2, 0) is 19.4 Å². The van der Waals surface area contributed by atoms with Gasteiger partial charge in [-0.2, -0.15) is 0 Å². The zero-order chi connectivity index (χ0) is 15.2. The molecule has 0 aliphatic carbocycles. The molecule has 0 radical (unpaired) electrons. The van der Waals surface area contributed by atoms with Crippen molar-refractivity contribution < 1.29 is 23.1 Å². The second-order valence-corrected chi connectivity index (χ2v) is 7.41. The number of hydrogen-bond acceptors (Lipinski definition) is 5. The van der Waals surface area contributed by atoms with Gasteiger partial charge in [0.2, 0.25) is 5.91 Å². The zero-order valence-corrected chi connectivity index (χ0v) is 12.5. The highest BCUT2D eigenvalue weighted by Crippen LogP contribution is 2.16. The second-order valence-electron chi connectivity index (χ2n) is 5.15. The quantitative estimate of drug-likeness (QED) is 0.605. The number of carbonyl (C=O) groups is 2. The largest absolute Gasteiger partial charge is 0.481 e. The number of likely N-dealkylation sites (tertiary alicyclic amines) is 1. The van der Waals surface area contributed by atoms with Crippen LogP contribution in [0.4, 0.5) is 0 Å². The molecule has 2 N–H and O–H groups in total. The van der Waals surface area contributed by atoms with Gasteiger partial charge in [-0.25, -0.2) is 8.42 Å². The molecule has 1 fully saturated rings. The topological polar surface area (TPSA) is 104 Å². The van der Waals surface area contributed by atoms with Crippen molar-refractivity contribution in [2.75, 3.05) is 38.2 Å². The van der Waals surface area contributed by atoms with Crippen molar-refractivity contribution in [3.63, 3.8) is 0 Å². The zero-order valence-electron chi connectivity index (χ0n) is 11.7. The van der Waals surface area contributed by atoms with E-state index in [1.54, 1.807) is 4.90 Å². The van der Waals surface area contributed by atoms with Crippen molar-refractivity contribution >= 4 is 21.7 Å². The van der Waals surface area contributed by atoms with Crippen molar-refractivity contribution in [2.45, 2.75) is 19.3 Å². The Labute approximate surface area is 119 Å². The third-order valence-electron chi connectivity index (χ3n) is 3.34. The van der Waals surface area contributed by atoms with E-state index in [9.17, 15) is 18.0 Å². The second kappa shape index (κ2) is 7.58. The summed E-state index contributed by atoms with van der Waals surface area (Å²) in [6, 6.07) is 0. The number of sulfone groups is 1. The summed E-state index contributed by atoms with van der Waals surface area (Å²) >= 11 is 0. The lowest BCUT2D eigenvalue weighted by atomic mass is 9.97. The highest BCUT2D eigenvalue weighted by molar-refractivity contribution is 7.90. The van der Waals surface area contributed by atoms with Gasteiger partial charge >= 0.3 is 5.97 Å². The molecular weight excluding hydrogens is 284 g/mol. The summed E-state index contributed by atoms with van der Waals surface area (Å²) in [5.41, 5.74) is 0. The van der Waals surface area contributed by atoms with E-state index in [4.69, 9.17) is 5.11 Å². The predicted molar refractivity (Wildman–Crippen MR) is 74.1 cm³/mol. The number of aliphatic carboxylic acids is 1. The average molecular weight is 306 g/mol. The van der Waals surface area contributed by atoms with Crippen LogP contribution < -0.4 is 5.32 Å². The molecule has 1 aliphatic rings. The molecular formula is C12H22N2O5S. The summed E-state index contributed by atoms with van der Waals surface area (Å²) in [6.45, 7) is 1.59. The van der Waals surface area contributed by atoms with Gasteiger partial charge < -0.3 is 15.3 Å². The van der Waals surface area contributed by atoms with Crippen LogP contribution in [0.2, 0.25) is 0 Å². The maximum Gasteiger partial charge on any atom is 0.306 e. The van der Waals surface area contributed by atoms with Crippen molar-refractivity contribution in [3.05, 3.63) is 0 Å². The Hall–Kier alpha value is -1.15. The van der Waals surface area contributed by atoms with Crippen LogP contribution in [0.3, 0.4) is 0 Å². The molecule has 0 bridgehead atoms. The molecule has 7 nitrogen and oxygen atoms in total. The molecule has 0 saturated carbocycles. The number of rotatable bonds is 7. The molecule has 0 aromatic heterocycles. The van der Waals surface area contributed by atoms with E-state index in [0.29, 0.717) is 38.9 Å². The molecule has 1 rings (SSSR count). The fourth-order valence-corrected chi connectivity index (χ4v) is 2.81. The van der Waals surface area contributed by atoms with E-state index in [2.05, 4.69) is 5.32 Å². The Morgan fingerprint density at radius 3 is 2.40 bits per heavy atom. The van der Waals surface area contributed by atoms with Gasteiger partial charge in [-0.3, -0.25) is 9.59 Å². The fraction of sp³-hybridized carbons (Fsp3) is 0.833. The highest BCUT2D eigenvalue weighted by atomic mass is 32.2. The van der Waals surface area contributed by atoms with E-state index in [0.717, 1.165) is 0 Å². The average Bonchev–Trinajstić information content (AvgIpc) is 2.37. The van der Waals surface area contributed by atoms with Crippen LogP contribution in [0.1, 0.15) is 19.3 Å². The summed E-state index contributed by atoms with van der Waals surface area (Å²) in [5, 5.41) is 11.8. The molecule has 0 aromatic carbocycles. The highest BCUT2D eigenvalue weighted by Gasteiger charge is 2.26. The first-order chi connectivity index (χ1) is 9.29. The van der Waals surface area contributed by atoms with E-state index in [1.165, 1.54) is 6.26 Å². The molecule has 8 heteroatoms. The van der Waals surface area contributed by atoms with Crippen LogP contribution in [0.15, 0.2) is 0 Å². The third kappa shape index (κ3) is 6.33. The molecule has 0 unspecified atom stereocenters. The molecule has 0 spiro atoms. The smallest absolute Gasteiger partial charge is 0.306 e. The van der Waals surface area contributed by atoms with E-state index < -0.39 is 15.8 Å². The molecule has 1 saturated heterocycles. The Kier molecular flexibility index (Phi) is 6.41. The number of nitrogens with one attached hydrogen (secondary N) is 1. The lowest BCUT2D eigenvalue weighted by Gasteiger charge is -2.30. The van der Waals surface area contributed by atoms with Gasteiger partial charge in [-0.1, -0.05) is 0 Å². The first-order valence-electron chi connectivity index (χ1n) is 6.68. The molecule has 1 amide bonds. The standard InChI is InChI=1S/C12H22N2O5S/c1-20(18,19)8-2-5-13-9-11(15)14-6-3-10(4-7-14)12(16)17/h10,13H,2-9H2,1H3,(H,16,17). The minimum Gasteiger partial charge on any atom is -0.481 e. The Balaban J connectivity index is 2.16. The van der Waals surface area contributed by atoms with Gasteiger partial charge in [0.05, 0.1) is 18.2 Å². The number of hydrogen-bond donors (Lipinski definition) is 2. The molecule has 0 atom stereocenters. The van der Waals surface area contributed by atoms with Crippen LogP contribution in [0, 0.1) is 5.92 Å². The van der Waals surface area contributed by atoms with E-state index in [-0.39, 0.29) is 24.1 Å². The van der Waals surface area contributed by atoms with Gasteiger partial charge in [0.1, 0.15) is 9.84 Å². The molecule has 1 aliphatic heterocycles. The Bertz CT molecular complexity index is 441. The van der Waals surface area contributed by atoms with Gasteiger partial charge in [0.25, 0.3) is 0 Å². The summed E-state index contributed by atoms with van der Waals surface area (Å²) in [4.78, 5) is 24.3. The van der Waals surface area contributed by atoms with Crippen LogP contribution in [0.5, 0.6) is 0 Å². The lowest BCUT2D eigenvalue weighted by molar-refractivity contribution is -0.145. The fourth-order valence-electron chi connectivity index (χ4n) is 2.14. The minimum absolute atomic E-state index is 0.0619. The maximum absolute atomic E-state index is 11.8. The van der Waals surface area contributed by atoms with Crippen molar-refractivity contribution in [1.29, 1.82) is 0 Å². The Morgan fingerprint density at radius 1 is 1.30 bits per heavy atom. The number of amides is 1. The molecule has 1 heterocycles. The van der Waals surface area contributed by atoms with Crippen molar-refractivity contribution in [1.82, 2.24) is 10.2 Å². The van der Waals surface area contributed by atoms with E-state index >= 15 is 0 Å². The van der Waals surface area contributed by atoms with Crippen LogP contribution in [0.25, 0.3) is 0 Å². The minimum atomic E-state index is -2.95. The first-order valence-corrected chi connectivity index (χ1v) is 8.74. The summed E-state index contributed by atoms with van der Waals surface area (Å²) in [7, 11) is -2.95. The number of carboxylic acids is 1. The molecule has 20 heavy (non-hydrogen) atoms. The van der Waals surface area contributed by atoms with Gasteiger partial charge in [-0.15, -0.1) is 0 Å². The first kappa shape index (κ1) is 16.9. The predicted octanol–water partition coefficient (Wildman–Crippen LogP) is -0.666. The SMILES string of the molecule is CS(=O)(=O)CCCNCC(=O)N1CCC(C(=O)O)CC1. The van der Waals surface area contributed by atoms with Crippen LogP contribution >= 0.6 is 0 Å². The van der Waals surface area contributed by atoms with Gasteiger partial charge in [-0.05, 0) is 25.8 Å². The summed E-state index contributed by atoms with van der Waals surface area (Å²) in [5.74, 6) is -1.09. The van der Waals surface area contributed by atoms with Crippen molar-refractivity contribution in [3.8, 4) is 0 Å². The van der Waals surface area contributed by atoms with Crippen molar-refractivity contribution in [2.24, 2.45) is 5.92 Å². The number of carboxylic acid groups (broad SMARTS) is 1. The van der Waals surface area contributed by atoms with Crippen LogP contribution in [-0.4, -0.2) is 68.5 Å². The lowest BCUT2D eigenvalue weighted by Crippen LogP contribution is -2.44. The van der Waals surface area contributed by atoms with Gasteiger partial charge in [0, 0.05) is 19.3 Å². The summed E-state index contributed by atoms with van der Waals surface area (Å²) in [6.07, 6.45) is 2.66. The van der Waals surface area contributed by atoms with Gasteiger partial charge in [0.15, 0.2) is 0 Å². The molecule has 0 aromatic rings.